The Balaban J connectivity index is 2.57. The molecule has 1 atom stereocenters. The number of halogens is 3. The van der Waals surface area contributed by atoms with Crippen LogP contribution in [0.4, 0.5) is 8.78 Å². The lowest BCUT2D eigenvalue weighted by Crippen LogP contribution is -1.93. The Labute approximate surface area is 105 Å². The molecule has 1 heterocycles. The van der Waals surface area contributed by atoms with Gasteiger partial charge in [-0.3, -0.25) is 0 Å². The minimum Gasteiger partial charge on any atom is -0.455 e. The SMILES string of the molecule is CCCC(O)c1cc2c(Br)cc(F)c(F)c2o1. The van der Waals surface area contributed by atoms with Crippen LogP contribution in [0.15, 0.2) is 21.0 Å². The van der Waals surface area contributed by atoms with Crippen LogP contribution in [0.25, 0.3) is 11.0 Å². The molecule has 2 aromatic rings. The highest BCUT2D eigenvalue weighted by atomic mass is 79.9. The summed E-state index contributed by atoms with van der Waals surface area (Å²) in [6.07, 6.45) is 0.499. The van der Waals surface area contributed by atoms with Gasteiger partial charge in [-0.1, -0.05) is 13.3 Å². The van der Waals surface area contributed by atoms with Gasteiger partial charge in [0, 0.05) is 9.86 Å². The maximum atomic E-state index is 13.5. The van der Waals surface area contributed by atoms with Gasteiger partial charge in [-0.15, -0.1) is 0 Å². The topological polar surface area (TPSA) is 33.4 Å². The van der Waals surface area contributed by atoms with Crippen molar-refractivity contribution in [3.8, 4) is 0 Å². The third kappa shape index (κ3) is 2.21. The molecule has 17 heavy (non-hydrogen) atoms. The molecular formula is C12H11BrF2O2. The van der Waals surface area contributed by atoms with E-state index in [2.05, 4.69) is 15.9 Å². The van der Waals surface area contributed by atoms with Crippen molar-refractivity contribution in [3.63, 3.8) is 0 Å². The van der Waals surface area contributed by atoms with Gasteiger partial charge in [0.15, 0.2) is 11.4 Å². The Hall–Kier alpha value is -0.940. The lowest BCUT2D eigenvalue weighted by atomic mass is 10.1. The summed E-state index contributed by atoms with van der Waals surface area (Å²) in [5.74, 6) is -1.75. The van der Waals surface area contributed by atoms with Crippen molar-refractivity contribution in [2.75, 3.05) is 0 Å². The summed E-state index contributed by atoms with van der Waals surface area (Å²) in [5.41, 5.74) is -0.165. The summed E-state index contributed by atoms with van der Waals surface area (Å²) in [5, 5.41) is 10.2. The molecule has 2 rings (SSSR count). The Morgan fingerprint density at radius 3 is 2.76 bits per heavy atom. The number of aliphatic hydroxyl groups is 1. The van der Waals surface area contributed by atoms with E-state index in [1.165, 1.54) is 6.07 Å². The van der Waals surface area contributed by atoms with E-state index in [9.17, 15) is 13.9 Å². The van der Waals surface area contributed by atoms with Crippen molar-refractivity contribution >= 4 is 26.9 Å². The second-order valence-corrected chi connectivity index (χ2v) is 4.70. The van der Waals surface area contributed by atoms with E-state index < -0.39 is 17.7 Å². The van der Waals surface area contributed by atoms with E-state index in [1.807, 2.05) is 6.92 Å². The summed E-state index contributed by atoms with van der Waals surface area (Å²) in [6.45, 7) is 1.92. The molecule has 0 fully saturated rings. The van der Waals surface area contributed by atoms with Crippen molar-refractivity contribution in [2.24, 2.45) is 0 Å². The summed E-state index contributed by atoms with van der Waals surface area (Å²) < 4.78 is 32.2. The number of hydrogen-bond donors (Lipinski definition) is 1. The van der Waals surface area contributed by atoms with Crippen LogP contribution in [0.5, 0.6) is 0 Å². The van der Waals surface area contributed by atoms with Crippen LogP contribution >= 0.6 is 15.9 Å². The van der Waals surface area contributed by atoms with Crippen LogP contribution in [0.2, 0.25) is 0 Å². The Kier molecular flexibility index (Phi) is 3.49. The molecule has 0 bridgehead atoms. The van der Waals surface area contributed by atoms with Crippen molar-refractivity contribution in [3.05, 3.63) is 34.0 Å². The van der Waals surface area contributed by atoms with E-state index in [-0.39, 0.29) is 11.3 Å². The summed E-state index contributed by atoms with van der Waals surface area (Å²) in [6, 6.07) is 2.57. The number of fused-ring (bicyclic) bond motifs is 1. The third-order valence-electron chi connectivity index (χ3n) is 2.56. The largest absolute Gasteiger partial charge is 0.455 e. The molecule has 92 valence electrons. The monoisotopic (exact) mass is 304 g/mol. The fourth-order valence-corrected chi connectivity index (χ4v) is 2.19. The molecule has 0 saturated heterocycles. The van der Waals surface area contributed by atoms with Crippen molar-refractivity contribution in [1.29, 1.82) is 0 Å². The fraction of sp³-hybridized carbons (Fsp3) is 0.333. The van der Waals surface area contributed by atoms with Crippen LogP contribution in [-0.4, -0.2) is 5.11 Å². The van der Waals surface area contributed by atoms with Gasteiger partial charge in [-0.2, -0.15) is 4.39 Å². The van der Waals surface area contributed by atoms with Gasteiger partial charge < -0.3 is 9.52 Å². The summed E-state index contributed by atoms with van der Waals surface area (Å²) >= 11 is 3.13. The highest BCUT2D eigenvalue weighted by Gasteiger charge is 2.19. The molecule has 0 amide bonds. The van der Waals surface area contributed by atoms with Gasteiger partial charge in [0.2, 0.25) is 5.82 Å². The average molecular weight is 305 g/mol. The number of benzene rings is 1. The molecule has 1 unspecified atom stereocenters. The molecule has 0 radical (unpaired) electrons. The summed E-state index contributed by atoms with van der Waals surface area (Å²) in [7, 11) is 0. The molecule has 0 aliphatic rings. The zero-order valence-corrected chi connectivity index (χ0v) is 10.7. The first-order chi connectivity index (χ1) is 8.04. The number of aliphatic hydroxyl groups excluding tert-OH is 1. The number of hydrogen-bond acceptors (Lipinski definition) is 2. The Morgan fingerprint density at radius 2 is 2.12 bits per heavy atom. The quantitative estimate of drug-likeness (QED) is 0.857. The van der Waals surface area contributed by atoms with Crippen LogP contribution < -0.4 is 0 Å². The fourth-order valence-electron chi connectivity index (χ4n) is 1.69. The zero-order valence-electron chi connectivity index (χ0n) is 9.14. The maximum Gasteiger partial charge on any atom is 0.201 e. The first-order valence-electron chi connectivity index (χ1n) is 5.29. The van der Waals surface area contributed by atoms with Crippen LogP contribution in [0.1, 0.15) is 31.6 Å². The van der Waals surface area contributed by atoms with E-state index in [0.717, 1.165) is 12.5 Å². The zero-order chi connectivity index (χ0) is 12.6. The highest BCUT2D eigenvalue weighted by molar-refractivity contribution is 9.10. The minimum atomic E-state index is -1.03. The van der Waals surface area contributed by atoms with Crippen molar-refractivity contribution in [1.82, 2.24) is 0 Å². The van der Waals surface area contributed by atoms with E-state index >= 15 is 0 Å². The average Bonchev–Trinajstić information content (AvgIpc) is 2.72. The molecule has 1 N–H and O–H groups in total. The molecule has 1 aromatic carbocycles. The molecule has 2 nitrogen and oxygen atoms in total. The second kappa shape index (κ2) is 4.74. The molecule has 1 aromatic heterocycles. The van der Waals surface area contributed by atoms with Gasteiger partial charge in [0.1, 0.15) is 11.9 Å². The van der Waals surface area contributed by atoms with Crippen LogP contribution in [0, 0.1) is 11.6 Å². The van der Waals surface area contributed by atoms with E-state index in [1.54, 1.807) is 0 Å². The first kappa shape index (κ1) is 12.5. The van der Waals surface area contributed by atoms with E-state index in [4.69, 9.17) is 4.42 Å². The molecular weight excluding hydrogens is 294 g/mol. The summed E-state index contributed by atoms with van der Waals surface area (Å²) in [4.78, 5) is 0. The highest BCUT2D eigenvalue weighted by Crippen LogP contribution is 2.33. The molecule has 0 spiro atoms. The molecule has 0 aliphatic heterocycles. The molecule has 0 saturated carbocycles. The third-order valence-corrected chi connectivity index (χ3v) is 3.22. The van der Waals surface area contributed by atoms with Gasteiger partial charge in [0.25, 0.3) is 0 Å². The Bertz CT molecular complexity index is 551. The number of furan rings is 1. The maximum absolute atomic E-state index is 13.5. The van der Waals surface area contributed by atoms with Crippen LogP contribution in [0.3, 0.4) is 0 Å². The molecule has 5 heteroatoms. The smallest absolute Gasteiger partial charge is 0.201 e. The standard InChI is InChI=1S/C12H11BrF2O2/c1-2-3-9(16)10-4-6-7(13)5-8(14)11(15)12(6)17-10/h4-5,9,16H,2-3H2,1H3. The van der Waals surface area contributed by atoms with Gasteiger partial charge >= 0.3 is 0 Å². The predicted octanol–water partition coefficient (Wildman–Crippen LogP) is 4.31. The number of rotatable bonds is 3. The van der Waals surface area contributed by atoms with Crippen molar-refractivity contribution < 1.29 is 18.3 Å². The van der Waals surface area contributed by atoms with Gasteiger partial charge in [-0.25, -0.2) is 4.39 Å². The second-order valence-electron chi connectivity index (χ2n) is 3.85. The lowest BCUT2D eigenvalue weighted by Gasteiger charge is -2.03. The van der Waals surface area contributed by atoms with Gasteiger partial charge in [0.05, 0.1) is 0 Å². The lowest BCUT2D eigenvalue weighted by molar-refractivity contribution is 0.141. The normalized spacial score (nSPS) is 13.2. The van der Waals surface area contributed by atoms with E-state index in [0.29, 0.717) is 16.3 Å². The predicted molar refractivity (Wildman–Crippen MR) is 63.7 cm³/mol. The Morgan fingerprint density at radius 1 is 1.41 bits per heavy atom. The minimum absolute atomic E-state index is 0.165. The van der Waals surface area contributed by atoms with Crippen molar-refractivity contribution in [2.45, 2.75) is 25.9 Å². The molecule has 0 aliphatic carbocycles. The first-order valence-corrected chi connectivity index (χ1v) is 6.09. The van der Waals surface area contributed by atoms with Crippen LogP contribution in [-0.2, 0) is 0 Å². The van der Waals surface area contributed by atoms with Gasteiger partial charge in [-0.05, 0) is 34.5 Å².